The van der Waals surface area contributed by atoms with Crippen molar-refractivity contribution < 1.29 is 18.6 Å². The first-order chi connectivity index (χ1) is 7.43. The third-order valence-corrected chi connectivity index (χ3v) is 4.72. The molecule has 0 heterocycles. The van der Waals surface area contributed by atoms with E-state index in [4.69, 9.17) is 5.11 Å². The lowest BCUT2D eigenvalue weighted by Gasteiger charge is -2.29. The summed E-state index contributed by atoms with van der Waals surface area (Å²) in [5, 5.41) is 20.7. The van der Waals surface area contributed by atoms with Crippen molar-refractivity contribution in [1.82, 2.24) is 5.32 Å². The summed E-state index contributed by atoms with van der Waals surface area (Å²) in [6.07, 6.45) is 3.69. The molecular weight excluding hydrogens is 230 g/mol. The Kier molecular flexibility index (Phi) is 5.17. The second-order valence-corrected chi connectivity index (χ2v) is 6.89. The van der Waals surface area contributed by atoms with Crippen LogP contribution in [0.25, 0.3) is 0 Å². The van der Waals surface area contributed by atoms with Crippen LogP contribution in [0.3, 0.4) is 0 Å². The first-order valence-electron chi connectivity index (χ1n) is 5.64. The zero-order valence-electron chi connectivity index (χ0n) is 9.59. The Hall–Kier alpha value is -0.170. The van der Waals surface area contributed by atoms with Crippen molar-refractivity contribution in [3.63, 3.8) is 0 Å². The maximum absolute atomic E-state index is 11.4. The van der Waals surface area contributed by atoms with Gasteiger partial charge in [-0.3, -0.25) is 0 Å². The van der Waals surface area contributed by atoms with Gasteiger partial charge in [0.1, 0.15) is 9.84 Å². The Labute approximate surface area is 96.8 Å². The first-order valence-corrected chi connectivity index (χ1v) is 7.60. The van der Waals surface area contributed by atoms with Gasteiger partial charge in [0, 0.05) is 18.8 Å². The van der Waals surface area contributed by atoms with Gasteiger partial charge in [-0.15, -0.1) is 0 Å². The van der Waals surface area contributed by atoms with Gasteiger partial charge in [0.05, 0.1) is 18.0 Å². The lowest BCUT2D eigenvalue weighted by molar-refractivity contribution is 0.0904. The highest BCUT2D eigenvalue weighted by Crippen LogP contribution is 2.23. The van der Waals surface area contributed by atoms with E-state index < -0.39 is 15.9 Å². The van der Waals surface area contributed by atoms with Gasteiger partial charge in [0.2, 0.25) is 0 Å². The summed E-state index contributed by atoms with van der Waals surface area (Å²) in [4.78, 5) is 0. The molecular formula is C10H21NO4S. The van der Waals surface area contributed by atoms with Gasteiger partial charge in [-0.25, -0.2) is 8.42 Å². The van der Waals surface area contributed by atoms with Crippen LogP contribution >= 0.6 is 0 Å². The summed E-state index contributed by atoms with van der Waals surface area (Å²) in [6, 6.07) is 0.134. The molecule has 0 radical (unpaired) electrons. The van der Waals surface area contributed by atoms with Gasteiger partial charge >= 0.3 is 0 Å². The average Bonchev–Trinajstić information content (AvgIpc) is 2.25. The van der Waals surface area contributed by atoms with Crippen molar-refractivity contribution in [2.24, 2.45) is 0 Å². The Bertz CT molecular complexity index is 304. The third kappa shape index (κ3) is 4.37. The fraction of sp³-hybridized carbons (Fsp3) is 1.00. The number of hydrogen-bond donors (Lipinski definition) is 3. The Morgan fingerprint density at radius 1 is 1.44 bits per heavy atom. The minimum atomic E-state index is -2.95. The molecule has 1 saturated carbocycles. The molecule has 0 bridgehead atoms. The number of rotatable bonds is 5. The van der Waals surface area contributed by atoms with Crippen LogP contribution in [0, 0.1) is 0 Å². The lowest BCUT2D eigenvalue weighted by atomic mass is 9.95. The molecule has 3 atom stereocenters. The van der Waals surface area contributed by atoms with Crippen LogP contribution in [0.15, 0.2) is 0 Å². The Balaban J connectivity index is 2.39. The summed E-state index contributed by atoms with van der Waals surface area (Å²) in [5.41, 5.74) is 0. The minimum absolute atomic E-state index is 0.134. The first kappa shape index (κ1) is 13.9. The fourth-order valence-electron chi connectivity index (χ4n) is 2.09. The number of aliphatic hydroxyl groups excluding tert-OH is 2. The molecule has 6 heteroatoms. The molecule has 0 saturated heterocycles. The lowest BCUT2D eigenvalue weighted by Crippen LogP contribution is -2.42. The molecule has 3 unspecified atom stereocenters. The summed E-state index contributed by atoms with van der Waals surface area (Å²) in [6.45, 7) is 0.0485. The molecule has 5 nitrogen and oxygen atoms in total. The van der Waals surface area contributed by atoms with Gasteiger partial charge in [-0.2, -0.15) is 0 Å². The molecule has 1 aliphatic rings. The summed E-state index contributed by atoms with van der Waals surface area (Å²) in [7, 11) is -2.95. The topological polar surface area (TPSA) is 86.6 Å². The second-order valence-electron chi connectivity index (χ2n) is 4.56. The van der Waals surface area contributed by atoms with Crippen LogP contribution in [0.1, 0.15) is 25.7 Å². The van der Waals surface area contributed by atoms with Crippen LogP contribution in [0.5, 0.6) is 0 Å². The third-order valence-electron chi connectivity index (χ3n) is 3.08. The van der Waals surface area contributed by atoms with Gasteiger partial charge < -0.3 is 15.5 Å². The van der Waals surface area contributed by atoms with Crippen molar-refractivity contribution in [2.75, 3.05) is 19.4 Å². The summed E-state index contributed by atoms with van der Waals surface area (Å²) < 4.78 is 22.8. The maximum atomic E-state index is 11.4. The number of nitrogens with one attached hydrogen (secondary N) is 1. The smallest absolute Gasteiger partial charge is 0.150 e. The zero-order chi connectivity index (χ0) is 12.2. The van der Waals surface area contributed by atoms with E-state index in [0.717, 1.165) is 19.3 Å². The molecule has 0 aromatic heterocycles. The highest BCUT2D eigenvalue weighted by atomic mass is 32.2. The van der Waals surface area contributed by atoms with E-state index in [1.165, 1.54) is 6.26 Å². The van der Waals surface area contributed by atoms with Crippen LogP contribution in [-0.4, -0.2) is 55.4 Å². The number of hydrogen-bond acceptors (Lipinski definition) is 5. The molecule has 1 fully saturated rings. The van der Waals surface area contributed by atoms with Crippen molar-refractivity contribution >= 4 is 9.84 Å². The van der Waals surface area contributed by atoms with Crippen molar-refractivity contribution in [3.05, 3.63) is 0 Å². The summed E-state index contributed by atoms with van der Waals surface area (Å²) >= 11 is 0. The Morgan fingerprint density at radius 2 is 2.12 bits per heavy atom. The normalized spacial score (nSPS) is 28.9. The molecule has 16 heavy (non-hydrogen) atoms. The molecule has 0 aromatic rings. The van der Waals surface area contributed by atoms with E-state index in [-0.39, 0.29) is 17.9 Å². The highest BCUT2D eigenvalue weighted by molar-refractivity contribution is 7.91. The molecule has 0 aliphatic heterocycles. The molecule has 0 amide bonds. The van der Waals surface area contributed by atoms with E-state index in [1.54, 1.807) is 0 Å². The quantitative estimate of drug-likeness (QED) is 0.600. The van der Waals surface area contributed by atoms with Gasteiger partial charge in [0.25, 0.3) is 0 Å². The molecule has 0 spiro atoms. The second kappa shape index (κ2) is 5.95. The van der Waals surface area contributed by atoms with Crippen LogP contribution in [-0.2, 0) is 9.84 Å². The van der Waals surface area contributed by atoms with E-state index in [1.807, 2.05) is 0 Å². The molecule has 1 aliphatic carbocycles. The predicted octanol–water partition coefficient (Wildman–Crippen LogP) is -0.715. The standard InChI is InChI=1S/C10H21NO4S/c1-16(14,15)10-4-2-3-8(5-10)11-6-9(13)7-12/h8-13H,2-7H2,1H3. The van der Waals surface area contributed by atoms with Crippen LogP contribution in [0.2, 0.25) is 0 Å². The van der Waals surface area contributed by atoms with E-state index in [0.29, 0.717) is 13.0 Å². The van der Waals surface area contributed by atoms with Crippen molar-refractivity contribution in [2.45, 2.75) is 43.1 Å². The molecule has 96 valence electrons. The highest BCUT2D eigenvalue weighted by Gasteiger charge is 2.28. The Morgan fingerprint density at radius 3 is 2.69 bits per heavy atom. The monoisotopic (exact) mass is 251 g/mol. The fourth-order valence-corrected chi connectivity index (χ4v) is 3.26. The van der Waals surface area contributed by atoms with E-state index >= 15 is 0 Å². The SMILES string of the molecule is CS(=O)(=O)C1CCCC(NCC(O)CO)C1. The minimum Gasteiger partial charge on any atom is -0.394 e. The molecule has 1 rings (SSSR count). The summed E-state index contributed by atoms with van der Waals surface area (Å²) in [5.74, 6) is 0. The van der Waals surface area contributed by atoms with Crippen LogP contribution in [0.4, 0.5) is 0 Å². The van der Waals surface area contributed by atoms with Gasteiger partial charge in [-0.1, -0.05) is 6.42 Å². The van der Waals surface area contributed by atoms with Gasteiger partial charge in [0.15, 0.2) is 0 Å². The zero-order valence-corrected chi connectivity index (χ0v) is 10.4. The number of aliphatic hydroxyl groups is 2. The number of sulfone groups is 1. The van der Waals surface area contributed by atoms with Crippen molar-refractivity contribution in [1.29, 1.82) is 0 Å². The van der Waals surface area contributed by atoms with Crippen molar-refractivity contribution in [3.8, 4) is 0 Å². The van der Waals surface area contributed by atoms with Crippen LogP contribution < -0.4 is 5.32 Å². The van der Waals surface area contributed by atoms with Gasteiger partial charge in [-0.05, 0) is 19.3 Å². The van der Waals surface area contributed by atoms with E-state index in [2.05, 4.69) is 5.32 Å². The van der Waals surface area contributed by atoms with E-state index in [9.17, 15) is 13.5 Å². The molecule has 3 N–H and O–H groups in total. The predicted molar refractivity (Wildman–Crippen MR) is 62.0 cm³/mol. The maximum Gasteiger partial charge on any atom is 0.150 e. The molecule has 0 aromatic carbocycles. The average molecular weight is 251 g/mol. The largest absolute Gasteiger partial charge is 0.394 e.